The first-order valence-corrected chi connectivity index (χ1v) is 10.1. The summed E-state index contributed by atoms with van der Waals surface area (Å²) in [5.41, 5.74) is 0.910. The van der Waals surface area contributed by atoms with Crippen LogP contribution in [0.3, 0.4) is 0 Å². The molecule has 1 amide bonds. The van der Waals surface area contributed by atoms with Crippen LogP contribution < -0.4 is 5.32 Å². The van der Waals surface area contributed by atoms with Crippen molar-refractivity contribution in [3.63, 3.8) is 0 Å². The van der Waals surface area contributed by atoms with Crippen LogP contribution in [0.15, 0.2) is 53.6 Å². The molecule has 1 aromatic heterocycles. The summed E-state index contributed by atoms with van der Waals surface area (Å²) in [4.78, 5) is 18.1. The molecule has 1 heterocycles. The van der Waals surface area contributed by atoms with Crippen LogP contribution in [0.5, 0.6) is 0 Å². The molecule has 0 bridgehead atoms. The third-order valence-corrected chi connectivity index (χ3v) is 5.88. The van der Waals surface area contributed by atoms with Gasteiger partial charge in [-0.15, -0.1) is 23.1 Å². The van der Waals surface area contributed by atoms with Crippen molar-refractivity contribution in [3.8, 4) is 0 Å². The summed E-state index contributed by atoms with van der Waals surface area (Å²) >= 11 is 14.9. The number of hydrogen-bond donors (Lipinski definition) is 1. The number of anilines is 1. The molecule has 3 aromatic rings. The summed E-state index contributed by atoms with van der Waals surface area (Å²) in [6, 6.07) is 11.3. The first kappa shape index (κ1) is 19.2. The minimum absolute atomic E-state index is 0.166. The topological polar surface area (TPSA) is 42.0 Å². The van der Waals surface area contributed by atoms with E-state index in [4.69, 9.17) is 23.2 Å². The number of nitrogens with zero attached hydrogens (tertiary/aromatic N) is 1. The lowest BCUT2D eigenvalue weighted by molar-refractivity contribution is -0.113. The van der Waals surface area contributed by atoms with E-state index in [-0.39, 0.29) is 17.5 Å². The molecule has 0 saturated heterocycles. The van der Waals surface area contributed by atoms with Crippen molar-refractivity contribution in [3.05, 3.63) is 75.0 Å². The van der Waals surface area contributed by atoms with E-state index in [2.05, 4.69) is 10.3 Å². The highest BCUT2D eigenvalue weighted by atomic mass is 35.5. The van der Waals surface area contributed by atoms with E-state index in [1.165, 1.54) is 35.2 Å². The van der Waals surface area contributed by atoms with E-state index < -0.39 is 0 Å². The second-order valence-corrected chi connectivity index (χ2v) is 8.34. The highest BCUT2D eigenvalue weighted by Gasteiger charge is 2.10. The number of rotatable bonds is 6. The van der Waals surface area contributed by atoms with Gasteiger partial charge in [-0.25, -0.2) is 9.37 Å². The Balaban J connectivity index is 1.55. The lowest BCUT2D eigenvalue weighted by Gasteiger charge is -2.03. The molecule has 0 radical (unpaired) electrons. The van der Waals surface area contributed by atoms with Crippen molar-refractivity contribution >= 4 is 57.3 Å². The van der Waals surface area contributed by atoms with Crippen molar-refractivity contribution in [2.45, 2.75) is 11.3 Å². The minimum Gasteiger partial charge on any atom is -0.301 e. The Morgan fingerprint density at radius 3 is 2.73 bits per heavy atom. The first-order chi connectivity index (χ1) is 12.5. The fourth-order valence-electron chi connectivity index (χ4n) is 2.15. The summed E-state index contributed by atoms with van der Waals surface area (Å²) < 4.78 is 12.9. The van der Waals surface area contributed by atoms with Gasteiger partial charge >= 0.3 is 0 Å². The molecule has 0 aliphatic heterocycles. The van der Waals surface area contributed by atoms with Crippen molar-refractivity contribution < 1.29 is 9.18 Å². The third-order valence-electron chi connectivity index (χ3n) is 3.36. The van der Waals surface area contributed by atoms with Gasteiger partial charge in [0.25, 0.3) is 0 Å². The van der Waals surface area contributed by atoms with Crippen molar-refractivity contribution in [1.29, 1.82) is 0 Å². The van der Waals surface area contributed by atoms with E-state index in [1.54, 1.807) is 30.5 Å². The Hall–Kier alpha value is -1.60. The molecular weight excluding hydrogens is 414 g/mol. The Kier molecular flexibility index (Phi) is 6.53. The molecule has 26 heavy (non-hydrogen) atoms. The molecule has 8 heteroatoms. The van der Waals surface area contributed by atoms with E-state index in [0.29, 0.717) is 21.6 Å². The second kappa shape index (κ2) is 8.86. The fourth-order valence-corrected chi connectivity index (χ4v) is 4.08. The molecule has 0 spiro atoms. The van der Waals surface area contributed by atoms with Gasteiger partial charge in [-0.2, -0.15) is 0 Å². The van der Waals surface area contributed by atoms with Crippen molar-refractivity contribution in [1.82, 2.24) is 4.98 Å². The van der Waals surface area contributed by atoms with E-state index in [9.17, 15) is 9.18 Å². The summed E-state index contributed by atoms with van der Waals surface area (Å²) in [7, 11) is 0. The number of thiazole rings is 1. The van der Waals surface area contributed by atoms with Crippen LogP contribution in [0.1, 0.15) is 10.4 Å². The average Bonchev–Trinajstić information content (AvgIpc) is 3.04. The number of carbonyl (C=O) groups excluding carboxylic acids is 1. The average molecular weight is 427 g/mol. The number of halogens is 3. The van der Waals surface area contributed by atoms with Gasteiger partial charge in [0.1, 0.15) is 5.82 Å². The molecular formula is C18H13Cl2FN2OS2. The van der Waals surface area contributed by atoms with Crippen LogP contribution in [0.2, 0.25) is 10.0 Å². The van der Waals surface area contributed by atoms with Crippen LogP contribution in [-0.2, 0) is 11.2 Å². The van der Waals surface area contributed by atoms with Gasteiger partial charge in [0.05, 0.1) is 5.75 Å². The molecule has 0 unspecified atom stereocenters. The Bertz CT molecular complexity index is 916. The lowest BCUT2D eigenvalue weighted by Crippen LogP contribution is -2.13. The smallest absolute Gasteiger partial charge is 0.236 e. The number of benzene rings is 2. The molecule has 3 nitrogen and oxygen atoms in total. The van der Waals surface area contributed by atoms with Gasteiger partial charge in [-0.05, 0) is 48.0 Å². The summed E-state index contributed by atoms with van der Waals surface area (Å²) in [6.45, 7) is 0. The maximum Gasteiger partial charge on any atom is 0.236 e. The van der Waals surface area contributed by atoms with Crippen LogP contribution in [0.4, 0.5) is 9.52 Å². The highest BCUT2D eigenvalue weighted by Crippen LogP contribution is 2.27. The Morgan fingerprint density at radius 1 is 1.19 bits per heavy atom. The number of thioether (sulfide) groups is 1. The van der Waals surface area contributed by atoms with Gasteiger partial charge in [-0.3, -0.25) is 4.79 Å². The van der Waals surface area contributed by atoms with Crippen molar-refractivity contribution in [2.24, 2.45) is 0 Å². The highest BCUT2D eigenvalue weighted by molar-refractivity contribution is 8.00. The predicted molar refractivity (Wildman–Crippen MR) is 107 cm³/mol. The number of carbonyl (C=O) groups is 1. The largest absolute Gasteiger partial charge is 0.301 e. The maximum atomic E-state index is 12.9. The molecule has 2 aromatic carbocycles. The van der Waals surface area contributed by atoms with E-state index >= 15 is 0 Å². The molecule has 3 rings (SSSR count). The first-order valence-electron chi connectivity index (χ1n) is 7.56. The molecule has 0 atom stereocenters. The zero-order valence-electron chi connectivity index (χ0n) is 13.3. The predicted octanol–water partition coefficient (Wildman–Crippen LogP) is 5.91. The van der Waals surface area contributed by atoms with Crippen LogP contribution in [0.25, 0.3) is 0 Å². The maximum absolute atomic E-state index is 12.9. The monoisotopic (exact) mass is 426 g/mol. The number of nitrogens with one attached hydrogen (secondary N) is 1. The number of hydrogen-bond acceptors (Lipinski definition) is 4. The number of amides is 1. The quantitative estimate of drug-likeness (QED) is 0.498. The SMILES string of the molecule is O=C(CSc1ccc(F)cc1)Nc1ncc(Cc2cc(Cl)ccc2Cl)s1. The zero-order valence-corrected chi connectivity index (χ0v) is 16.5. The normalized spacial score (nSPS) is 10.7. The van der Waals surface area contributed by atoms with Crippen LogP contribution in [0, 0.1) is 5.82 Å². The fraction of sp³-hybridized carbons (Fsp3) is 0.111. The summed E-state index contributed by atoms with van der Waals surface area (Å²) in [6.07, 6.45) is 2.31. The van der Waals surface area contributed by atoms with Crippen LogP contribution >= 0.6 is 46.3 Å². The standard InChI is InChI=1S/C18H13Cl2FN2OS2/c19-12-1-6-16(20)11(7-12)8-15-9-22-18(26-15)23-17(24)10-25-14-4-2-13(21)3-5-14/h1-7,9H,8,10H2,(H,22,23,24). The second-order valence-electron chi connectivity index (χ2n) is 5.34. The molecule has 0 fully saturated rings. The zero-order chi connectivity index (χ0) is 18.5. The van der Waals surface area contributed by atoms with Gasteiger partial charge in [0.2, 0.25) is 5.91 Å². The lowest BCUT2D eigenvalue weighted by atomic mass is 10.1. The van der Waals surface area contributed by atoms with Gasteiger partial charge in [-0.1, -0.05) is 23.2 Å². The number of aromatic nitrogens is 1. The van der Waals surface area contributed by atoms with E-state index in [0.717, 1.165) is 15.3 Å². The van der Waals surface area contributed by atoms with Gasteiger partial charge < -0.3 is 5.32 Å². The summed E-state index contributed by atoms with van der Waals surface area (Å²) in [5, 5.41) is 4.57. The molecule has 0 aliphatic rings. The van der Waals surface area contributed by atoms with Gasteiger partial charge in [0.15, 0.2) is 5.13 Å². The van der Waals surface area contributed by atoms with Crippen LogP contribution in [-0.4, -0.2) is 16.6 Å². The van der Waals surface area contributed by atoms with Gasteiger partial charge in [0, 0.05) is 32.4 Å². The summed E-state index contributed by atoms with van der Waals surface area (Å²) in [5.74, 6) is -0.240. The Labute approximate surface area is 168 Å². The van der Waals surface area contributed by atoms with E-state index in [1.807, 2.05) is 6.07 Å². The molecule has 0 aliphatic carbocycles. The molecule has 134 valence electrons. The third kappa shape index (κ3) is 5.45. The minimum atomic E-state index is -0.297. The Morgan fingerprint density at radius 2 is 1.96 bits per heavy atom. The molecule has 1 N–H and O–H groups in total. The molecule has 0 saturated carbocycles. The van der Waals surface area contributed by atoms with Crippen molar-refractivity contribution in [2.75, 3.05) is 11.1 Å².